The molecule has 3 aromatic carbocycles. The standard InChI is InChI=1S/C17H20N2O5.C11H12N2O2.C11H14N2/c1-5-6-15(20)18-14-8-7-13(19(22)23)11-12(14)9-10-17(2,3)16(21)24-4;1-7(2)11-6-8-5-9(13(14)15)3-4-10(8)12-11;1-7(2)11-6-8-5-9(12)3-4-10(8)13-11/h7-8,11H,5-6H2,1-4H3,(H,18,20);3-7,12H,1-2H3;3-7,13H,12H2,1-2H3. The van der Waals surface area contributed by atoms with Crippen molar-refractivity contribution in [2.75, 3.05) is 18.2 Å². The number of ether oxygens (including phenoxy) is 1. The van der Waals surface area contributed by atoms with Crippen molar-refractivity contribution < 1.29 is 24.2 Å². The number of benzene rings is 3. The summed E-state index contributed by atoms with van der Waals surface area (Å²) in [7, 11) is 1.26. The van der Waals surface area contributed by atoms with Gasteiger partial charge in [0, 0.05) is 69.6 Å². The number of hydrogen-bond donors (Lipinski definition) is 4. The molecule has 5 aromatic rings. The summed E-state index contributed by atoms with van der Waals surface area (Å²) in [6, 6.07) is 18.9. The Morgan fingerprint density at radius 2 is 1.37 bits per heavy atom. The largest absolute Gasteiger partial charge is 0.468 e. The lowest BCUT2D eigenvalue weighted by Crippen LogP contribution is -2.23. The first kappa shape index (κ1) is 40.3. The Morgan fingerprint density at radius 3 is 1.88 bits per heavy atom. The number of nitro benzene ring substituents is 2. The number of fused-ring (bicyclic) bond motifs is 2. The van der Waals surface area contributed by atoms with Crippen LogP contribution < -0.4 is 11.1 Å². The van der Waals surface area contributed by atoms with Crippen LogP contribution in [0.25, 0.3) is 21.8 Å². The maximum Gasteiger partial charge on any atom is 0.323 e. The number of rotatable bonds is 8. The number of nitrogen functional groups attached to an aromatic ring is 1. The van der Waals surface area contributed by atoms with E-state index < -0.39 is 16.3 Å². The maximum atomic E-state index is 11.8. The van der Waals surface area contributed by atoms with Crippen molar-refractivity contribution in [3.63, 3.8) is 0 Å². The first-order valence-electron chi connectivity index (χ1n) is 16.8. The molecule has 0 saturated carbocycles. The van der Waals surface area contributed by atoms with Crippen molar-refractivity contribution in [1.82, 2.24) is 9.97 Å². The molecule has 1 amide bonds. The zero-order chi connectivity index (χ0) is 38.7. The fraction of sp³-hybridized carbons (Fsp3) is 0.333. The van der Waals surface area contributed by atoms with E-state index in [1.807, 2.05) is 31.2 Å². The van der Waals surface area contributed by atoms with E-state index in [0.29, 0.717) is 30.4 Å². The quantitative estimate of drug-likeness (QED) is 0.0402. The average molecular weight is 711 g/mol. The molecule has 0 fully saturated rings. The minimum absolute atomic E-state index is 0.136. The number of hydrogen-bond acceptors (Lipinski definition) is 8. The van der Waals surface area contributed by atoms with Crippen LogP contribution >= 0.6 is 0 Å². The number of carbonyl (C=O) groups excluding carboxylic acids is 2. The number of carbonyl (C=O) groups is 2. The Kier molecular flexibility index (Phi) is 13.7. The number of nitrogens with two attached hydrogens (primary N) is 1. The molecule has 13 nitrogen and oxygen atoms in total. The van der Waals surface area contributed by atoms with Crippen LogP contribution in [0.5, 0.6) is 0 Å². The van der Waals surface area contributed by atoms with Gasteiger partial charge in [-0.15, -0.1) is 0 Å². The highest BCUT2D eigenvalue weighted by Gasteiger charge is 2.26. The number of non-ortho nitro benzene ring substituents is 2. The molecule has 52 heavy (non-hydrogen) atoms. The SMILES string of the molecule is CC(C)c1cc2cc(N)ccc2[nH]1.CC(C)c1cc2cc([N+](=O)[O-])ccc2[nH]1.CCCC(=O)Nc1ccc([N+](=O)[O-])cc1C#CC(C)(C)C(=O)OC. The van der Waals surface area contributed by atoms with Crippen LogP contribution in [-0.4, -0.2) is 38.8 Å². The third kappa shape index (κ3) is 10.9. The Bertz CT molecular complexity index is 2130. The molecule has 2 aromatic heterocycles. The Hall–Kier alpha value is -6.16. The van der Waals surface area contributed by atoms with Crippen molar-refractivity contribution in [2.24, 2.45) is 5.41 Å². The molecule has 0 aliphatic rings. The van der Waals surface area contributed by atoms with Crippen molar-refractivity contribution in [1.29, 1.82) is 0 Å². The van der Waals surface area contributed by atoms with Gasteiger partial charge in [0.2, 0.25) is 5.91 Å². The molecule has 274 valence electrons. The predicted molar refractivity (Wildman–Crippen MR) is 205 cm³/mol. The molecule has 5 N–H and O–H groups in total. The summed E-state index contributed by atoms with van der Waals surface area (Å²) in [5.74, 6) is 5.69. The fourth-order valence-corrected chi connectivity index (χ4v) is 4.88. The van der Waals surface area contributed by atoms with Crippen LogP contribution in [0.1, 0.15) is 90.1 Å². The second kappa shape index (κ2) is 17.7. The molecule has 0 saturated heterocycles. The predicted octanol–water partition coefficient (Wildman–Crippen LogP) is 8.96. The third-order valence-corrected chi connectivity index (χ3v) is 7.92. The Labute approximate surface area is 302 Å². The lowest BCUT2D eigenvalue weighted by Gasteiger charge is -2.13. The Morgan fingerprint density at radius 1 is 0.846 bits per heavy atom. The lowest BCUT2D eigenvalue weighted by atomic mass is 9.94. The van der Waals surface area contributed by atoms with Gasteiger partial charge in [0.15, 0.2) is 0 Å². The molecule has 0 radical (unpaired) electrons. The van der Waals surface area contributed by atoms with E-state index in [-0.39, 0.29) is 27.8 Å². The van der Waals surface area contributed by atoms with Crippen LogP contribution in [-0.2, 0) is 14.3 Å². The Balaban J connectivity index is 0.000000223. The van der Waals surface area contributed by atoms with Gasteiger partial charge in [0.1, 0.15) is 5.41 Å². The monoisotopic (exact) mass is 710 g/mol. The highest BCUT2D eigenvalue weighted by Crippen LogP contribution is 2.26. The lowest BCUT2D eigenvalue weighted by molar-refractivity contribution is -0.385. The number of nitrogens with zero attached hydrogens (tertiary/aromatic N) is 2. The molecular weight excluding hydrogens is 664 g/mol. The van der Waals surface area contributed by atoms with Crippen molar-refractivity contribution in [3.05, 3.63) is 104 Å². The number of methoxy groups -OCH3 is 1. The number of amides is 1. The van der Waals surface area contributed by atoms with Crippen LogP contribution in [0.4, 0.5) is 22.7 Å². The van der Waals surface area contributed by atoms with E-state index in [9.17, 15) is 29.8 Å². The molecular formula is C39H46N6O7. The third-order valence-electron chi connectivity index (χ3n) is 7.92. The number of nitro groups is 2. The first-order chi connectivity index (χ1) is 24.4. The van der Waals surface area contributed by atoms with Gasteiger partial charge in [0.25, 0.3) is 11.4 Å². The highest BCUT2D eigenvalue weighted by molar-refractivity contribution is 5.92. The molecule has 2 heterocycles. The van der Waals surface area contributed by atoms with Crippen LogP contribution in [0, 0.1) is 37.5 Å². The van der Waals surface area contributed by atoms with Crippen molar-refractivity contribution in [2.45, 2.75) is 73.1 Å². The van der Waals surface area contributed by atoms with Gasteiger partial charge in [-0.05, 0) is 74.6 Å². The van der Waals surface area contributed by atoms with Gasteiger partial charge in [-0.3, -0.25) is 29.8 Å². The number of H-pyrrole nitrogens is 2. The summed E-state index contributed by atoms with van der Waals surface area (Å²) in [5.41, 5.74) is 10.5. The smallest absolute Gasteiger partial charge is 0.323 e. The summed E-state index contributed by atoms with van der Waals surface area (Å²) in [5, 5.41) is 26.3. The van der Waals surface area contributed by atoms with Gasteiger partial charge >= 0.3 is 5.97 Å². The van der Waals surface area contributed by atoms with Crippen LogP contribution in [0.3, 0.4) is 0 Å². The number of anilines is 2. The van der Waals surface area contributed by atoms with E-state index >= 15 is 0 Å². The molecule has 5 rings (SSSR count). The molecule has 0 aliphatic heterocycles. The van der Waals surface area contributed by atoms with Gasteiger partial charge in [-0.2, -0.15) is 0 Å². The average Bonchev–Trinajstić information content (AvgIpc) is 3.72. The van der Waals surface area contributed by atoms with Gasteiger partial charge in [-0.1, -0.05) is 46.5 Å². The second-order valence-electron chi connectivity index (χ2n) is 13.3. The maximum absolute atomic E-state index is 11.8. The van der Waals surface area contributed by atoms with E-state index in [1.54, 1.807) is 26.0 Å². The summed E-state index contributed by atoms with van der Waals surface area (Å²) in [4.78, 5) is 50.7. The number of aromatic amines is 2. The fourth-order valence-electron chi connectivity index (χ4n) is 4.88. The molecule has 0 bridgehead atoms. The zero-order valence-electron chi connectivity index (χ0n) is 30.7. The van der Waals surface area contributed by atoms with Crippen molar-refractivity contribution >= 4 is 56.4 Å². The normalized spacial score (nSPS) is 10.8. The van der Waals surface area contributed by atoms with E-state index in [4.69, 9.17) is 5.73 Å². The van der Waals surface area contributed by atoms with Crippen molar-refractivity contribution in [3.8, 4) is 11.8 Å². The number of esters is 1. The molecule has 0 atom stereocenters. The summed E-state index contributed by atoms with van der Waals surface area (Å²) in [6.45, 7) is 13.5. The van der Waals surface area contributed by atoms with Crippen LogP contribution in [0.15, 0.2) is 66.7 Å². The molecule has 0 unspecified atom stereocenters. The molecule has 0 aliphatic carbocycles. The molecule has 0 spiro atoms. The van der Waals surface area contributed by atoms with E-state index in [0.717, 1.165) is 27.8 Å². The van der Waals surface area contributed by atoms with E-state index in [2.05, 4.69) is 65.6 Å². The topological polar surface area (TPSA) is 199 Å². The minimum atomic E-state index is -1.08. The summed E-state index contributed by atoms with van der Waals surface area (Å²) >= 11 is 0. The number of aromatic nitrogens is 2. The minimum Gasteiger partial charge on any atom is -0.468 e. The highest BCUT2D eigenvalue weighted by atomic mass is 16.6. The second-order valence-corrected chi connectivity index (χ2v) is 13.3. The summed E-state index contributed by atoms with van der Waals surface area (Å²) < 4.78 is 4.67. The van der Waals surface area contributed by atoms with Gasteiger partial charge in [0.05, 0.1) is 28.2 Å². The molecule has 13 heteroatoms. The number of nitrogens with one attached hydrogen (secondary N) is 3. The van der Waals surface area contributed by atoms with Gasteiger partial charge < -0.3 is 25.8 Å². The van der Waals surface area contributed by atoms with Gasteiger partial charge in [-0.25, -0.2) is 0 Å². The zero-order valence-corrected chi connectivity index (χ0v) is 30.7. The van der Waals surface area contributed by atoms with E-state index in [1.165, 1.54) is 42.5 Å². The van der Waals surface area contributed by atoms with Crippen LogP contribution in [0.2, 0.25) is 0 Å². The summed E-state index contributed by atoms with van der Waals surface area (Å²) in [6.07, 6.45) is 1.01. The first-order valence-corrected chi connectivity index (χ1v) is 16.8.